The van der Waals surface area contributed by atoms with Crippen molar-refractivity contribution in [1.82, 2.24) is 5.32 Å². The number of hydrogen-bond acceptors (Lipinski definition) is 2. The molecule has 1 aromatic carbocycles. The summed E-state index contributed by atoms with van der Waals surface area (Å²) in [6, 6.07) is 4.10. The minimum Gasteiger partial charge on any atom is -0.483 e. The summed E-state index contributed by atoms with van der Waals surface area (Å²) in [7, 11) is 1.60. The molecular formula is C12H17NO2. The van der Waals surface area contributed by atoms with Crippen molar-refractivity contribution in [1.29, 1.82) is 0 Å². The van der Waals surface area contributed by atoms with Crippen molar-refractivity contribution in [3.8, 4) is 5.75 Å². The van der Waals surface area contributed by atoms with Gasteiger partial charge in [-0.1, -0.05) is 17.7 Å². The third-order valence-electron chi connectivity index (χ3n) is 2.23. The summed E-state index contributed by atoms with van der Waals surface area (Å²) < 4.78 is 5.46. The Bertz CT molecular complexity index is 349. The van der Waals surface area contributed by atoms with E-state index in [1.165, 1.54) is 5.56 Å². The van der Waals surface area contributed by atoms with Crippen LogP contribution in [0.25, 0.3) is 0 Å². The number of amides is 1. The van der Waals surface area contributed by atoms with E-state index in [4.69, 9.17) is 4.74 Å². The molecule has 0 heterocycles. The first-order valence-electron chi connectivity index (χ1n) is 4.96. The van der Waals surface area contributed by atoms with Gasteiger partial charge in [-0.25, -0.2) is 0 Å². The second-order valence-corrected chi connectivity index (χ2v) is 3.69. The maximum Gasteiger partial charge on any atom is 0.257 e. The summed E-state index contributed by atoms with van der Waals surface area (Å²) >= 11 is 0. The molecule has 0 saturated heterocycles. The Morgan fingerprint density at radius 2 is 1.80 bits per heavy atom. The van der Waals surface area contributed by atoms with E-state index in [9.17, 15) is 4.79 Å². The molecule has 1 rings (SSSR count). The van der Waals surface area contributed by atoms with Crippen LogP contribution in [0.4, 0.5) is 0 Å². The Balaban J connectivity index is 2.81. The number of benzene rings is 1. The normalized spacial score (nSPS) is 9.87. The Hall–Kier alpha value is -1.51. The van der Waals surface area contributed by atoms with Gasteiger partial charge in [-0.3, -0.25) is 4.79 Å². The van der Waals surface area contributed by atoms with E-state index in [1.54, 1.807) is 7.05 Å². The molecule has 0 aliphatic carbocycles. The van der Waals surface area contributed by atoms with Crippen molar-refractivity contribution in [3.63, 3.8) is 0 Å². The highest BCUT2D eigenvalue weighted by Gasteiger charge is 2.06. The fourth-order valence-corrected chi connectivity index (χ4v) is 1.60. The maximum atomic E-state index is 11.0. The molecule has 1 amide bonds. The summed E-state index contributed by atoms with van der Waals surface area (Å²) in [5.74, 6) is 0.693. The van der Waals surface area contributed by atoms with Crippen LogP contribution in [-0.2, 0) is 4.79 Å². The number of aryl methyl sites for hydroxylation is 3. The molecule has 3 nitrogen and oxygen atoms in total. The third-order valence-corrected chi connectivity index (χ3v) is 2.23. The molecule has 0 unspecified atom stereocenters. The van der Waals surface area contributed by atoms with Gasteiger partial charge < -0.3 is 10.1 Å². The standard InChI is InChI=1S/C12H17NO2/c1-8-5-9(2)12(10(3)6-8)15-7-11(14)13-4/h5-6H,7H2,1-4H3,(H,13,14). The fourth-order valence-electron chi connectivity index (χ4n) is 1.60. The zero-order chi connectivity index (χ0) is 11.4. The van der Waals surface area contributed by atoms with Crippen molar-refractivity contribution in [2.45, 2.75) is 20.8 Å². The van der Waals surface area contributed by atoms with Crippen molar-refractivity contribution >= 4 is 5.91 Å². The number of nitrogens with one attached hydrogen (secondary N) is 1. The first-order valence-corrected chi connectivity index (χ1v) is 4.96. The molecule has 1 aromatic rings. The molecule has 1 N–H and O–H groups in total. The van der Waals surface area contributed by atoms with E-state index in [0.717, 1.165) is 16.9 Å². The van der Waals surface area contributed by atoms with Gasteiger partial charge in [0.25, 0.3) is 5.91 Å². The van der Waals surface area contributed by atoms with Gasteiger partial charge in [0.2, 0.25) is 0 Å². The Labute approximate surface area is 90.4 Å². The Morgan fingerprint density at radius 1 is 1.27 bits per heavy atom. The van der Waals surface area contributed by atoms with Crippen LogP contribution in [0, 0.1) is 20.8 Å². The first-order chi connectivity index (χ1) is 7.04. The number of rotatable bonds is 3. The number of ether oxygens (including phenoxy) is 1. The highest BCUT2D eigenvalue weighted by Crippen LogP contribution is 2.24. The summed E-state index contributed by atoms with van der Waals surface area (Å²) in [6.07, 6.45) is 0. The lowest BCUT2D eigenvalue weighted by atomic mass is 10.1. The lowest BCUT2D eigenvalue weighted by molar-refractivity contribution is -0.122. The van der Waals surface area contributed by atoms with Crippen LogP contribution in [0.1, 0.15) is 16.7 Å². The van der Waals surface area contributed by atoms with E-state index in [-0.39, 0.29) is 12.5 Å². The average molecular weight is 207 g/mol. The van der Waals surface area contributed by atoms with Gasteiger partial charge in [0.15, 0.2) is 6.61 Å². The SMILES string of the molecule is CNC(=O)COc1c(C)cc(C)cc1C. The topological polar surface area (TPSA) is 38.3 Å². The molecule has 0 aromatic heterocycles. The zero-order valence-electron chi connectivity index (χ0n) is 9.68. The molecule has 0 spiro atoms. The third kappa shape index (κ3) is 2.98. The zero-order valence-corrected chi connectivity index (χ0v) is 9.68. The average Bonchev–Trinajstić information content (AvgIpc) is 2.15. The molecule has 82 valence electrons. The van der Waals surface area contributed by atoms with Crippen LogP contribution in [0.3, 0.4) is 0 Å². The summed E-state index contributed by atoms with van der Waals surface area (Å²) in [5, 5.41) is 2.52. The van der Waals surface area contributed by atoms with E-state index < -0.39 is 0 Å². The number of hydrogen-bond donors (Lipinski definition) is 1. The minimum absolute atomic E-state index is 0.0707. The molecule has 0 fully saturated rings. The lowest BCUT2D eigenvalue weighted by Gasteiger charge is -2.12. The second-order valence-electron chi connectivity index (χ2n) is 3.69. The summed E-state index contributed by atoms with van der Waals surface area (Å²) in [6.45, 7) is 6.09. The quantitative estimate of drug-likeness (QED) is 0.819. The number of likely N-dealkylation sites (N-methyl/N-ethyl adjacent to an activating group) is 1. The predicted molar refractivity (Wildman–Crippen MR) is 60.2 cm³/mol. The maximum absolute atomic E-state index is 11.0. The van der Waals surface area contributed by atoms with Crippen LogP contribution in [0.15, 0.2) is 12.1 Å². The van der Waals surface area contributed by atoms with E-state index in [0.29, 0.717) is 0 Å². The van der Waals surface area contributed by atoms with Gasteiger partial charge in [-0.2, -0.15) is 0 Å². The van der Waals surface area contributed by atoms with Crippen molar-refractivity contribution in [2.75, 3.05) is 13.7 Å². The first kappa shape index (κ1) is 11.6. The van der Waals surface area contributed by atoms with Crippen molar-refractivity contribution in [3.05, 3.63) is 28.8 Å². The molecular weight excluding hydrogens is 190 g/mol. The molecule has 0 aliphatic heterocycles. The highest BCUT2D eigenvalue weighted by molar-refractivity contribution is 5.77. The van der Waals surface area contributed by atoms with Gasteiger partial charge in [0.1, 0.15) is 5.75 Å². The Kier molecular flexibility index (Phi) is 3.72. The molecule has 15 heavy (non-hydrogen) atoms. The molecule has 3 heteroatoms. The number of carbonyl (C=O) groups is 1. The monoisotopic (exact) mass is 207 g/mol. The molecule has 0 radical (unpaired) electrons. The van der Waals surface area contributed by atoms with Crippen molar-refractivity contribution in [2.24, 2.45) is 0 Å². The lowest BCUT2D eigenvalue weighted by Crippen LogP contribution is -2.25. The minimum atomic E-state index is -0.116. The van der Waals surface area contributed by atoms with Crippen LogP contribution in [0.2, 0.25) is 0 Å². The van der Waals surface area contributed by atoms with Crippen LogP contribution in [0.5, 0.6) is 5.75 Å². The van der Waals surface area contributed by atoms with Crippen molar-refractivity contribution < 1.29 is 9.53 Å². The van der Waals surface area contributed by atoms with E-state index in [1.807, 2.05) is 32.9 Å². The van der Waals surface area contributed by atoms with Crippen LogP contribution < -0.4 is 10.1 Å². The molecule has 0 bridgehead atoms. The summed E-state index contributed by atoms with van der Waals surface area (Å²) in [4.78, 5) is 11.0. The van der Waals surface area contributed by atoms with Gasteiger partial charge in [0, 0.05) is 7.05 Å². The van der Waals surface area contributed by atoms with Gasteiger partial charge in [0.05, 0.1) is 0 Å². The van der Waals surface area contributed by atoms with E-state index in [2.05, 4.69) is 5.32 Å². The van der Waals surface area contributed by atoms with Gasteiger partial charge in [-0.05, 0) is 31.9 Å². The largest absolute Gasteiger partial charge is 0.483 e. The van der Waals surface area contributed by atoms with Crippen LogP contribution >= 0.6 is 0 Å². The number of carbonyl (C=O) groups excluding carboxylic acids is 1. The Morgan fingerprint density at radius 3 is 2.27 bits per heavy atom. The summed E-state index contributed by atoms with van der Waals surface area (Å²) in [5.41, 5.74) is 3.34. The smallest absolute Gasteiger partial charge is 0.257 e. The van der Waals surface area contributed by atoms with Gasteiger partial charge >= 0.3 is 0 Å². The fraction of sp³-hybridized carbons (Fsp3) is 0.417. The second kappa shape index (κ2) is 4.82. The molecule has 0 saturated carbocycles. The highest BCUT2D eigenvalue weighted by atomic mass is 16.5. The van der Waals surface area contributed by atoms with Crippen LogP contribution in [-0.4, -0.2) is 19.6 Å². The van der Waals surface area contributed by atoms with E-state index >= 15 is 0 Å². The van der Waals surface area contributed by atoms with Gasteiger partial charge in [-0.15, -0.1) is 0 Å². The predicted octanol–water partition coefficient (Wildman–Crippen LogP) is 1.74. The molecule has 0 aliphatic rings. The molecule has 0 atom stereocenters.